The zero-order chi connectivity index (χ0) is 8.10. The number of ether oxygens (including phenoxy) is 1. The summed E-state index contributed by atoms with van der Waals surface area (Å²) in [6, 6.07) is 0. The monoisotopic (exact) mass is 175 g/mol. The van der Waals surface area contributed by atoms with Gasteiger partial charge in [-0.1, -0.05) is 11.8 Å². The zero-order valence-corrected chi connectivity index (χ0v) is 7.14. The van der Waals surface area contributed by atoms with Crippen molar-refractivity contribution in [3.8, 4) is 0 Å². The topological polar surface area (TPSA) is 73.6 Å². The average Bonchev–Trinajstić information content (AvgIpc) is 2.06. The molecule has 1 heterocycles. The number of nitrogens with two attached hydrogens (primary N) is 2. The van der Waals surface area contributed by atoms with Gasteiger partial charge in [-0.15, -0.1) is 0 Å². The fourth-order valence-electron chi connectivity index (χ4n) is 1.01. The van der Waals surface area contributed by atoms with E-state index >= 15 is 0 Å². The molecule has 0 saturated carbocycles. The normalized spacial score (nSPS) is 26.9. The summed E-state index contributed by atoms with van der Waals surface area (Å²) in [6.45, 7) is 1.64. The summed E-state index contributed by atoms with van der Waals surface area (Å²) in [7, 11) is 0. The highest BCUT2D eigenvalue weighted by Gasteiger charge is 2.15. The number of hydrogen-bond acceptors (Lipinski definition) is 4. The quantitative estimate of drug-likeness (QED) is 0.256. The summed E-state index contributed by atoms with van der Waals surface area (Å²) in [5.41, 5.74) is 5.44. The summed E-state index contributed by atoms with van der Waals surface area (Å²) < 4.78 is 5.26. The molecular weight excluding hydrogens is 162 g/mol. The Hall–Kier alpha value is -0.420. The molecule has 1 unspecified atom stereocenters. The Morgan fingerprint density at radius 3 is 3.00 bits per heavy atom. The lowest BCUT2D eigenvalue weighted by atomic mass is 10.2. The smallest absolute Gasteiger partial charge is 0.177 e. The fourth-order valence-corrected chi connectivity index (χ4v) is 1.86. The Bertz CT molecular complexity index is 145. The van der Waals surface area contributed by atoms with E-state index in [1.165, 1.54) is 11.8 Å². The molecule has 4 N–H and O–H groups in total. The van der Waals surface area contributed by atoms with Gasteiger partial charge < -0.3 is 16.3 Å². The summed E-state index contributed by atoms with van der Waals surface area (Å²) >= 11 is 1.50. The number of thioether (sulfide) groups is 1. The molecule has 1 atom stereocenters. The van der Waals surface area contributed by atoms with Crippen LogP contribution in [0.15, 0.2) is 5.10 Å². The van der Waals surface area contributed by atoms with Gasteiger partial charge in [-0.3, -0.25) is 0 Å². The van der Waals surface area contributed by atoms with Gasteiger partial charge in [-0.25, -0.2) is 0 Å². The van der Waals surface area contributed by atoms with Crippen LogP contribution in [0, 0.1) is 0 Å². The maximum atomic E-state index is 5.44. The van der Waals surface area contributed by atoms with Crippen molar-refractivity contribution >= 4 is 16.9 Å². The summed E-state index contributed by atoms with van der Waals surface area (Å²) in [5.74, 6) is 4.99. The van der Waals surface area contributed by atoms with E-state index in [1.54, 1.807) is 0 Å². The molecule has 1 saturated heterocycles. The Morgan fingerprint density at radius 2 is 2.45 bits per heavy atom. The van der Waals surface area contributed by atoms with E-state index in [0.29, 0.717) is 10.4 Å². The van der Waals surface area contributed by atoms with Gasteiger partial charge in [-0.05, 0) is 12.8 Å². The molecule has 1 rings (SSSR count). The second kappa shape index (κ2) is 4.46. The largest absolute Gasteiger partial charge is 0.380 e. The molecule has 0 amide bonds. The number of rotatable bonds is 1. The minimum Gasteiger partial charge on any atom is -0.380 e. The third kappa shape index (κ3) is 2.98. The van der Waals surface area contributed by atoms with Crippen molar-refractivity contribution < 1.29 is 4.74 Å². The number of amidine groups is 1. The highest BCUT2D eigenvalue weighted by atomic mass is 32.2. The number of hydrogen-bond donors (Lipinski definition) is 2. The Kier molecular flexibility index (Phi) is 3.51. The highest BCUT2D eigenvalue weighted by molar-refractivity contribution is 8.14. The van der Waals surface area contributed by atoms with Crippen LogP contribution in [-0.4, -0.2) is 23.6 Å². The molecule has 64 valence electrons. The van der Waals surface area contributed by atoms with E-state index in [2.05, 4.69) is 5.10 Å². The predicted octanol–water partition coefficient (Wildman–Crippen LogP) is 0.0870. The molecule has 0 aliphatic carbocycles. The maximum absolute atomic E-state index is 5.44. The van der Waals surface area contributed by atoms with Crippen LogP contribution < -0.4 is 11.6 Å². The second-order valence-electron chi connectivity index (χ2n) is 2.42. The molecule has 0 aromatic heterocycles. The second-order valence-corrected chi connectivity index (χ2v) is 3.74. The highest BCUT2D eigenvalue weighted by Crippen LogP contribution is 2.19. The third-order valence-corrected chi connectivity index (χ3v) is 2.59. The molecule has 1 aliphatic rings. The molecule has 11 heavy (non-hydrogen) atoms. The van der Waals surface area contributed by atoms with Crippen molar-refractivity contribution in [2.45, 2.75) is 18.1 Å². The van der Waals surface area contributed by atoms with Crippen LogP contribution in [0.4, 0.5) is 0 Å². The van der Waals surface area contributed by atoms with E-state index < -0.39 is 0 Å². The third-order valence-electron chi connectivity index (χ3n) is 1.53. The van der Waals surface area contributed by atoms with Crippen LogP contribution >= 0.6 is 11.8 Å². The van der Waals surface area contributed by atoms with Crippen molar-refractivity contribution in [3.05, 3.63) is 0 Å². The molecule has 0 spiro atoms. The summed E-state index contributed by atoms with van der Waals surface area (Å²) in [5, 5.41) is 4.27. The van der Waals surface area contributed by atoms with Crippen LogP contribution in [0.3, 0.4) is 0 Å². The zero-order valence-electron chi connectivity index (χ0n) is 6.32. The van der Waals surface area contributed by atoms with Gasteiger partial charge in [0.05, 0.1) is 6.61 Å². The van der Waals surface area contributed by atoms with Gasteiger partial charge in [0, 0.05) is 11.9 Å². The first kappa shape index (κ1) is 8.67. The van der Waals surface area contributed by atoms with Gasteiger partial charge >= 0.3 is 0 Å². The maximum Gasteiger partial charge on any atom is 0.177 e. The molecule has 0 aromatic carbocycles. The van der Waals surface area contributed by atoms with Gasteiger partial charge in [-0.2, -0.15) is 5.10 Å². The SMILES string of the molecule is N/N=C(\N)SC1CCCOC1. The summed E-state index contributed by atoms with van der Waals surface area (Å²) in [6.07, 6.45) is 2.25. The van der Waals surface area contributed by atoms with Crippen LogP contribution in [0.1, 0.15) is 12.8 Å². The fraction of sp³-hybridized carbons (Fsp3) is 0.833. The number of nitrogens with zero attached hydrogens (tertiary/aromatic N) is 1. The Morgan fingerprint density at radius 1 is 1.64 bits per heavy atom. The predicted molar refractivity (Wildman–Crippen MR) is 47.2 cm³/mol. The number of hydrazone groups is 1. The van der Waals surface area contributed by atoms with Crippen LogP contribution in [0.25, 0.3) is 0 Å². The average molecular weight is 175 g/mol. The minimum absolute atomic E-state index is 0.441. The molecule has 1 fully saturated rings. The van der Waals surface area contributed by atoms with Crippen LogP contribution in [-0.2, 0) is 4.74 Å². The Labute approximate surface area is 70.3 Å². The molecule has 0 radical (unpaired) electrons. The van der Waals surface area contributed by atoms with Gasteiger partial charge in [0.1, 0.15) is 0 Å². The van der Waals surface area contributed by atoms with E-state index in [0.717, 1.165) is 26.1 Å². The Balaban J connectivity index is 2.24. The van der Waals surface area contributed by atoms with Gasteiger partial charge in [0.15, 0.2) is 5.17 Å². The lowest BCUT2D eigenvalue weighted by Gasteiger charge is -2.20. The van der Waals surface area contributed by atoms with E-state index in [9.17, 15) is 0 Å². The first-order valence-electron chi connectivity index (χ1n) is 3.60. The van der Waals surface area contributed by atoms with Crippen molar-refractivity contribution in [1.82, 2.24) is 0 Å². The van der Waals surface area contributed by atoms with E-state index in [4.69, 9.17) is 16.3 Å². The lowest BCUT2D eigenvalue weighted by molar-refractivity contribution is 0.102. The summed E-state index contributed by atoms with van der Waals surface area (Å²) in [4.78, 5) is 0. The van der Waals surface area contributed by atoms with E-state index in [1.807, 2.05) is 0 Å². The van der Waals surface area contributed by atoms with Gasteiger partial charge in [0.25, 0.3) is 0 Å². The molecule has 5 heteroatoms. The van der Waals surface area contributed by atoms with Crippen molar-refractivity contribution in [2.75, 3.05) is 13.2 Å². The molecule has 1 aliphatic heterocycles. The van der Waals surface area contributed by atoms with Crippen LogP contribution in [0.5, 0.6) is 0 Å². The molecule has 0 aromatic rings. The minimum atomic E-state index is 0.441. The van der Waals surface area contributed by atoms with Crippen molar-refractivity contribution in [1.29, 1.82) is 0 Å². The lowest BCUT2D eigenvalue weighted by Crippen LogP contribution is -2.23. The standard InChI is InChI=1S/C6H13N3OS/c7-6(9-8)11-5-2-1-3-10-4-5/h5H,1-4,8H2,(H2,7,9). The van der Waals surface area contributed by atoms with Crippen molar-refractivity contribution in [3.63, 3.8) is 0 Å². The van der Waals surface area contributed by atoms with E-state index in [-0.39, 0.29) is 0 Å². The molecule has 4 nitrogen and oxygen atoms in total. The molecular formula is C6H13N3OS. The molecule has 0 bridgehead atoms. The first-order valence-corrected chi connectivity index (χ1v) is 4.48. The van der Waals surface area contributed by atoms with Gasteiger partial charge in [0.2, 0.25) is 0 Å². The first-order chi connectivity index (χ1) is 5.33. The van der Waals surface area contributed by atoms with Crippen LogP contribution in [0.2, 0.25) is 0 Å². The van der Waals surface area contributed by atoms with Crippen molar-refractivity contribution in [2.24, 2.45) is 16.7 Å².